The van der Waals surface area contributed by atoms with E-state index in [1.807, 2.05) is 23.2 Å². The predicted molar refractivity (Wildman–Crippen MR) is 82.6 cm³/mol. The molecule has 116 valence electrons. The van der Waals surface area contributed by atoms with Gasteiger partial charge in [-0.15, -0.1) is 11.3 Å². The van der Waals surface area contributed by atoms with Crippen molar-refractivity contribution >= 4 is 40.6 Å². The summed E-state index contributed by atoms with van der Waals surface area (Å²) in [5.74, 6) is -2.95. The molecule has 0 radical (unpaired) electrons. The Kier molecular flexibility index (Phi) is 4.39. The number of aromatic nitrogens is 1. The summed E-state index contributed by atoms with van der Waals surface area (Å²) in [5, 5.41) is 20.4. The Bertz CT molecular complexity index is 795. The first kappa shape index (κ1) is 16.3. The standard InChI is InChI=1S/C14H13ClN2O4S/c1-14(11(18)19,12(20)21)9-4-3-8(7-10(9)15)16-13-17(2)5-6-22-13/h3-7H,1-2H3,(H,18,19)(H,20,21). The third-order valence-corrected chi connectivity index (χ3v) is 4.49. The molecule has 0 aliphatic rings. The number of benzene rings is 1. The van der Waals surface area contributed by atoms with Crippen LogP contribution in [0.25, 0.3) is 0 Å². The lowest BCUT2D eigenvalue weighted by atomic mass is 9.82. The minimum atomic E-state index is -2.11. The summed E-state index contributed by atoms with van der Waals surface area (Å²) in [5.41, 5.74) is -1.57. The molecule has 0 saturated heterocycles. The van der Waals surface area contributed by atoms with E-state index in [1.165, 1.54) is 23.5 Å². The van der Waals surface area contributed by atoms with E-state index in [4.69, 9.17) is 11.6 Å². The number of halogens is 1. The number of carbonyl (C=O) groups is 2. The van der Waals surface area contributed by atoms with Crippen molar-refractivity contribution in [3.8, 4) is 0 Å². The Morgan fingerprint density at radius 1 is 1.32 bits per heavy atom. The maximum Gasteiger partial charge on any atom is 0.325 e. The van der Waals surface area contributed by atoms with Crippen molar-refractivity contribution in [2.75, 3.05) is 0 Å². The van der Waals surface area contributed by atoms with Crippen LogP contribution >= 0.6 is 22.9 Å². The van der Waals surface area contributed by atoms with Crippen LogP contribution in [0.1, 0.15) is 12.5 Å². The third-order valence-electron chi connectivity index (χ3n) is 3.33. The molecule has 0 fully saturated rings. The summed E-state index contributed by atoms with van der Waals surface area (Å²) in [6.07, 6.45) is 1.85. The van der Waals surface area contributed by atoms with Gasteiger partial charge in [0.05, 0.1) is 5.69 Å². The molecule has 0 unspecified atom stereocenters. The molecule has 2 rings (SSSR count). The zero-order valence-electron chi connectivity index (χ0n) is 11.8. The highest BCUT2D eigenvalue weighted by Gasteiger charge is 2.44. The van der Waals surface area contributed by atoms with Gasteiger partial charge in [-0.25, -0.2) is 4.99 Å². The molecule has 0 aliphatic heterocycles. The number of carboxylic acids is 2. The summed E-state index contributed by atoms with van der Waals surface area (Å²) in [7, 11) is 1.84. The normalized spacial score (nSPS) is 12.4. The molecule has 1 heterocycles. The van der Waals surface area contributed by atoms with Crippen LogP contribution in [0, 0.1) is 0 Å². The highest BCUT2D eigenvalue weighted by Crippen LogP contribution is 2.33. The molecular formula is C14H13ClN2O4S. The predicted octanol–water partition coefficient (Wildman–Crippen LogP) is 2.40. The smallest absolute Gasteiger partial charge is 0.325 e. The molecule has 1 aromatic carbocycles. The maximum absolute atomic E-state index is 11.3. The molecule has 0 spiro atoms. The van der Waals surface area contributed by atoms with Gasteiger partial charge in [-0.05, 0) is 24.6 Å². The van der Waals surface area contributed by atoms with Crippen molar-refractivity contribution in [3.63, 3.8) is 0 Å². The molecule has 0 atom stereocenters. The molecule has 2 aromatic rings. The highest BCUT2D eigenvalue weighted by molar-refractivity contribution is 7.07. The fourth-order valence-electron chi connectivity index (χ4n) is 1.85. The Morgan fingerprint density at radius 2 is 1.95 bits per heavy atom. The van der Waals surface area contributed by atoms with Crippen LogP contribution < -0.4 is 4.80 Å². The van der Waals surface area contributed by atoms with Crippen molar-refractivity contribution in [1.82, 2.24) is 4.57 Å². The fourth-order valence-corrected chi connectivity index (χ4v) is 2.96. The lowest BCUT2D eigenvalue weighted by Gasteiger charge is -2.21. The van der Waals surface area contributed by atoms with Crippen LogP contribution in [0.3, 0.4) is 0 Å². The Balaban J connectivity index is 2.54. The minimum absolute atomic E-state index is 0.0173. The molecule has 6 nitrogen and oxygen atoms in total. The summed E-state index contributed by atoms with van der Waals surface area (Å²) in [6.45, 7) is 1.11. The lowest BCUT2D eigenvalue weighted by molar-refractivity contribution is -0.156. The van der Waals surface area contributed by atoms with Gasteiger partial charge in [-0.2, -0.15) is 0 Å². The molecule has 2 N–H and O–H groups in total. The van der Waals surface area contributed by atoms with Crippen molar-refractivity contribution in [3.05, 3.63) is 45.2 Å². The second kappa shape index (κ2) is 5.94. The second-order valence-electron chi connectivity index (χ2n) is 4.81. The van der Waals surface area contributed by atoms with E-state index < -0.39 is 17.4 Å². The number of aryl methyl sites for hydroxylation is 1. The van der Waals surface area contributed by atoms with Crippen molar-refractivity contribution in [2.24, 2.45) is 12.0 Å². The summed E-state index contributed by atoms with van der Waals surface area (Å²) < 4.78 is 1.82. The van der Waals surface area contributed by atoms with E-state index in [0.29, 0.717) is 5.69 Å². The average Bonchev–Trinajstić information content (AvgIpc) is 2.83. The molecule has 22 heavy (non-hydrogen) atoms. The molecule has 0 aliphatic carbocycles. The summed E-state index contributed by atoms with van der Waals surface area (Å²) in [4.78, 5) is 27.8. The molecule has 0 saturated carbocycles. The molecular weight excluding hydrogens is 328 g/mol. The Hall–Kier alpha value is -2.12. The van der Waals surface area contributed by atoms with Gasteiger partial charge in [0, 0.05) is 23.6 Å². The van der Waals surface area contributed by atoms with Crippen LogP contribution in [-0.4, -0.2) is 26.7 Å². The van der Waals surface area contributed by atoms with Gasteiger partial charge in [-0.1, -0.05) is 17.7 Å². The lowest BCUT2D eigenvalue weighted by Crippen LogP contribution is -2.41. The van der Waals surface area contributed by atoms with Gasteiger partial charge in [0.1, 0.15) is 0 Å². The van der Waals surface area contributed by atoms with Crippen molar-refractivity contribution in [1.29, 1.82) is 0 Å². The summed E-state index contributed by atoms with van der Waals surface area (Å²) in [6, 6.07) is 4.39. The SMILES string of the molecule is Cn1ccsc1=Nc1ccc(C(C)(C(=O)O)C(=O)O)c(Cl)c1. The fraction of sp³-hybridized carbons (Fsp3) is 0.214. The highest BCUT2D eigenvalue weighted by atomic mass is 35.5. The van der Waals surface area contributed by atoms with E-state index in [9.17, 15) is 19.8 Å². The molecule has 0 amide bonds. The number of thiazole rings is 1. The van der Waals surface area contributed by atoms with E-state index in [-0.39, 0.29) is 10.6 Å². The maximum atomic E-state index is 11.3. The van der Waals surface area contributed by atoms with E-state index in [0.717, 1.165) is 11.7 Å². The number of rotatable bonds is 4. The first-order valence-corrected chi connectivity index (χ1v) is 7.44. The first-order chi connectivity index (χ1) is 10.3. The monoisotopic (exact) mass is 340 g/mol. The first-order valence-electron chi connectivity index (χ1n) is 6.18. The topological polar surface area (TPSA) is 91.9 Å². The molecule has 8 heteroatoms. The number of hydrogen-bond acceptors (Lipinski definition) is 4. The second-order valence-corrected chi connectivity index (χ2v) is 6.09. The molecule has 1 aromatic heterocycles. The van der Waals surface area contributed by atoms with Crippen LogP contribution in [0.2, 0.25) is 5.02 Å². The van der Waals surface area contributed by atoms with E-state index in [1.54, 1.807) is 6.07 Å². The van der Waals surface area contributed by atoms with Crippen LogP contribution in [0.4, 0.5) is 5.69 Å². The van der Waals surface area contributed by atoms with Crippen LogP contribution in [-0.2, 0) is 22.1 Å². The average molecular weight is 341 g/mol. The van der Waals surface area contributed by atoms with Gasteiger partial charge >= 0.3 is 11.9 Å². The Labute approximate surface area is 134 Å². The van der Waals surface area contributed by atoms with Gasteiger partial charge in [0.2, 0.25) is 0 Å². The summed E-state index contributed by atoms with van der Waals surface area (Å²) >= 11 is 7.53. The Morgan fingerprint density at radius 3 is 2.41 bits per heavy atom. The van der Waals surface area contributed by atoms with Crippen molar-refractivity contribution in [2.45, 2.75) is 12.3 Å². The van der Waals surface area contributed by atoms with Gasteiger partial charge in [0.25, 0.3) is 0 Å². The van der Waals surface area contributed by atoms with Gasteiger partial charge in [-0.3, -0.25) is 9.59 Å². The number of nitrogens with zero attached hydrogens (tertiary/aromatic N) is 2. The number of hydrogen-bond donors (Lipinski definition) is 2. The van der Waals surface area contributed by atoms with E-state index in [2.05, 4.69) is 4.99 Å². The van der Waals surface area contributed by atoms with Gasteiger partial charge in [0.15, 0.2) is 10.2 Å². The number of aliphatic carboxylic acids is 2. The molecule has 0 bridgehead atoms. The van der Waals surface area contributed by atoms with Crippen molar-refractivity contribution < 1.29 is 19.8 Å². The zero-order chi connectivity index (χ0) is 16.5. The zero-order valence-corrected chi connectivity index (χ0v) is 13.4. The van der Waals surface area contributed by atoms with E-state index >= 15 is 0 Å². The largest absolute Gasteiger partial charge is 0.480 e. The number of carboxylic acid groups (broad SMARTS) is 2. The quantitative estimate of drug-likeness (QED) is 0.836. The minimum Gasteiger partial charge on any atom is -0.480 e. The van der Waals surface area contributed by atoms with Crippen LogP contribution in [0.5, 0.6) is 0 Å². The van der Waals surface area contributed by atoms with Gasteiger partial charge < -0.3 is 14.8 Å². The third kappa shape index (κ3) is 2.77. The van der Waals surface area contributed by atoms with Crippen LogP contribution in [0.15, 0.2) is 34.8 Å².